The molecule has 1 aliphatic carbocycles. The molecule has 35 heavy (non-hydrogen) atoms. The molecular weight excluding hydrogens is 475 g/mol. The van der Waals surface area contributed by atoms with Gasteiger partial charge in [-0.15, -0.1) is 6.42 Å². The van der Waals surface area contributed by atoms with Crippen LogP contribution in [0.3, 0.4) is 0 Å². The Balaban J connectivity index is 1.75. The molecule has 1 heterocycles. The van der Waals surface area contributed by atoms with Crippen LogP contribution in [0.25, 0.3) is 0 Å². The first-order chi connectivity index (χ1) is 16.3. The Kier molecular flexibility index (Phi) is 7.57. The van der Waals surface area contributed by atoms with Crippen LogP contribution in [0.5, 0.6) is 0 Å². The van der Waals surface area contributed by atoms with E-state index < -0.39 is 54.2 Å². The Hall–Kier alpha value is -3.36. The minimum absolute atomic E-state index is 0.158. The molecule has 3 N–H and O–H groups in total. The van der Waals surface area contributed by atoms with Crippen LogP contribution in [0.2, 0.25) is 0 Å². The second kappa shape index (κ2) is 10.1. The van der Waals surface area contributed by atoms with Crippen LogP contribution in [0.15, 0.2) is 24.3 Å². The van der Waals surface area contributed by atoms with Crippen molar-refractivity contribution in [1.82, 2.24) is 10.6 Å². The number of para-hydroxylation sites is 2. The van der Waals surface area contributed by atoms with E-state index in [4.69, 9.17) is 6.42 Å². The molecule has 190 valence electrons. The summed E-state index contributed by atoms with van der Waals surface area (Å²) in [5, 5.41) is 7.07. The number of benzene rings is 1. The molecule has 2 unspecified atom stereocenters. The van der Waals surface area contributed by atoms with Gasteiger partial charge >= 0.3 is 12.1 Å². The van der Waals surface area contributed by atoms with E-state index in [2.05, 4.69) is 10.6 Å². The number of carbonyl (C=O) groups excluding carboxylic acids is 3. The lowest BCUT2D eigenvalue weighted by Crippen LogP contribution is -2.57. The van der Waals surface area contributed by atoms with Gasteiger partial charge in [0.1, 0.15) is 12.0 Å². The van der Waals surface area contributed by atoms with Crippen LogP contribution in [0, 0.1) is 24.2 Å². The molecule has 1 aromatic rings. The maximum atomic E-state index is 13.1. The highest BCUT2D eigenvalue weighted by molar-refractivity contribution is 6.04. The molecule has 2 aliphatic rings. The number of carbonyl (C=O) groups is 3. The smallest absolute Gasteiger partial charge is 0.371 e. The molecule has 3 atom stereocenters. The lowest BCUT2D eigenvalue weighted by atomic mass is 10.0. The molecule has 7 nitrogen and oxygen atoms in total. The molecule has 0 bridgehead atoms. The average Bonchev–Trinajstić information content (AvgIpc) is 3.63. The van der Waals surface area contributed by atoms with Crippen molar-refractivity contribution < 1.29 is 36.3 Å². The van der Waals surface area contributed by atoms with Crippen LogP contribution >= 0.6 is 0 Å². The maximum absolute atomic E-state index is 13.1. The number of terminal acetylenes is 1. The molecule has 1 saturated carbocycles. The van der Waals surface area contributed by atoms with Gasteiger partial charge in [0, 0.05) is 13.1 Å². The van der Waals surface area contributed by atoms with Gasteiger partial charge in [0.05, 0.1) is 24.0 Å². The van der Waals surface area contributed by atoms with Crippen molar-refractivity contribution in [1.29, 1.82) is 0 Å². The van der Waals surface area contributed by atoms with E-state index in [0.717, 1.165) is 25.5 Å². The van der Waals surface area contributed by atoms with Gasteiger partial charge in [-0.05, 0) is 43.7 Å². The lowest BCUT2D eigenvalue weighted by Gasteiger charge is -2.30. The third-order valence-corrected chi connectivity index (χ3v) is 5.99. The summed E-state index contributed by atoms with van der Waals surface area (Å²) < 4.78 is 63.3. The number of nitrogens with zero attached hydrogens (tertiary/aromatic N) is 1. The van der Waals surface area contributed by atoms with Crippen molar-refractivity contribution in [3.05, 3.63) is 24.3 Å². The van der Waals surface area contributed by atoms with E-state index in [0.29, 0.717) is 18.2 Å². The quantitative estimate of drug-likeness (QED) is 0.221. The number of rotatable bonds is 8. The fraction of sp³-hybridized carbons (Fsp3) is 0.522. The molecule has 1 aliphatic heterocycles. The number of halogens is 5. The van der Waals surface area contributed by atoms with E-state index in [1.165, 1.54) is 5.32 Å². The predicted octanol–water partition coefficient (Wildman–Crippen LogP) is 2.33. The number of Topliss-reactive ketones (excluding diaryl/α,β-unsaturated/α-hetero) is 1. The summed E-state index contributed by atoms with van der Waals surface area (Å²) >= 11 is 0. The van der Waals surface area contributed by atoms with Gasteiger partial charge < -0.3 is 20.9 Å². The Bertz CT molecular complexity index is 1020. The average molecular weight is 500 g/mol. The van der Waals surface area contributed by atoms with Gasteiger partial charge in [-0.2, -0.15) is 22.0 Å². The van der Waals surface area contributed by atoms with Crippen molar-refractivity contribution in [3.63, 3.8) is 0 Å². The Morgan fingerprint density at radius 3 is 2.43 bits per heavy atom. The third-order valence-electron chi connectivity index (χ3n) is 5.99. The summed E-state index contributed by atoms with van der Waals surface area (Å²) in [6, 6.07) is 5.22. The third kappa shape index (κ3) is 6.21. The molecular formula is C23H25F5N4O3. The summed E-state index contributed by atoms with van der Waals surface area (Å²) in [5.74, 6) is -7.20. The molecule has 0 aromatic heterocycles. The van der Waals surface area contributed by atoms with Gasteiger partial charge in [-0.25, -0.2) is 0 Å². The van der Waals surface area contributed by atoms with Crippen LogP contribution in [0.1, 0.15) is 19.8 Å². The van der Waals surface area contributed by atoms with Crippen LogP contribution in [0.4, 0.5) is 33.3 Å². The zero-order valence-electron chi connectivity index (χ0n) is 18.8. The topological polar surface area (TPSA) is 90.5 Å². The van der Waals surface area contributed by atoms with Crippen molar-refractivity contribution >= 4 is 29.0 Å². The standard InChI is InChI=1S/C23H25F5N4O3/c1-3-18(33)19-16(11-32(10-14-8-9-14)17-7-5-4-6-15(17)30-19)31-21(35)13(2)20(34)29-12-22(24,25)23(26,27)28/h1,4-7,13-14,16,19,30H,8-12H2,2H3,(H,29,34)(H,31,35)/t13?,16-,19?/m0/s1. The number of hydrogen-bond donors (Lipinski definition) is 3. The van der Waals surface area contributed by atoms with Crippen molar-refractivity contribution in [2.24, 2.45) is 11.8 Å². The van der Waals surface area contributed by atoms with Crippen LogP contribution in [-0.4, -0.2) is 61.4 Å². The van der Waals surface area contributed by atoms with Gasteiger partial charge in [0.25, 0.3) is 0 Å². The fourth-order valence-electron chi connectivity index (χ4n) is 3.71. The zero-order chi connectivity index (χ0) is 26.0. The monoisotopic (exact) mass is 500 g/mol. The van der Waals surface area contributed by atoms with E-state index in [1.54, 1.807) is 12.1 Å². The first-order valence-corrected chi connectivity index (χ1v) is 11.0. The van der Waals surface area contributed by atoms with Crippen molar-refractivity contribution in [2.45, 2.75) is 43.9 Å². The fourth-order valence-corrected chi connectivity index (χ4v) is 3.71. The Morgan fingerprint density at radius 2 is 1.83 bits per heavy atom. The largest absolute Gasteiger partial charge is 0.455 e. The predicted molar refractivity (Wildman–Crippen MR) is 118 cm³/mol. The van der Waals surface area contributed by atoms with Crippen LogP contribution in [-0.2, 0) is 14.4 Å². The number of ketones is 1. The minimum atomic E-state index is -5.85. The highest BCUT2D eigenvalue weighted by atomic mass is 19.4. The summed E-state index contributed by atoms with van der Waals surface area (Å²) in [5.41, 5.74) is 1.42. The minimum Gasteiger partial charge on any atom is -0.371 e. The highest BCUT2D eigenvalue weighted by Gasteiger charge is 2.57. The summed E-state index contributed by atoms with van der Waals surface area (Å²) in [7, 11) is 0. The summed E-state index contributed by atoms with van der Waals surface area (Å²) in [4.78, 5) is 39.4. The molecule has 2 amide bonds. The van der Waals surface area contributed by atoms with Gasteiger partial charge in [-0.1, -0.05) is 12.1 Å². The molecule has 1 aromatic carbocycles. The summed E-state index contributed by atoms with van der Waals surface area (Å²) in [6.45, 7) is -0.120. The van der Waals surface area contributed by atoms with E-state index in [-0.39, 0.29) is 6.54 Å². The molecule has 3 rings (SSSR count). The number of fused-ring (bicyclic) bond motifs is 1. The molecule has 0 saturated heterocycles. The van der Waals surface area contributed by atoms with Crippen molar-refractivity contribution in [3.8, 4) is 12.3 Å². The van der Waals surface area contributed by atoms with Crippen molar-refractivity contribution in [2.75, 3.05) is 29.9 Å². The lowest BCUT2D eigenvalue weighted by molar-refractivity contribution is -0.278. The maximum Gasteiger partial charge on any atom is 0.455 e. The second-order valence-corrected chi connectivity index (χ2v) is 8.75. The number of amides is 2. The first kappa shape index (κ1) is 26.2. The number of anilines is 2. The SMILES string of the molecule is C#CC(=O)C1Nc2ccccc2N(CC2CC2)C[C@@H]1NC(=O)C(C)C(=O)NCC(F)(F)C(F)(F)F. The van der Waals surface area contributed by atoms with Gasteiger partial charge in [0.2, 0.25) is 17.6 Å². The van der Waals surface area contributed by atoms with E-state index >= 15 is 0 Å². The van der Waals surface area contributed by atoms with Crippen LogP contribution < -0.4 is 20.9 Å². The number of alkyl halides is 5. The second-order valence-electron chi connectivity index (χ2n) is 8.75. The zero-order valence-corrected chi connectivity index (χ0v) is 18.8. The van der Waals surface area contributed by atoms with Gasteiger partial charge in [-0.3, -0.25) is 14.4 Å². The first-order valence-electron chi connectivity index (χ1n) is 11.0. The van der Waals surface area contributed by atoms with E-state index in [9.17, 15) is 36.3 Å². The number of hydrogen-bond acceptors (Lipinski definition) is 5. The molecule has 12 heteroatoms. The Labute approximate surface area is 198 Å². The normalized spacial score (nSPS) is 21.0. The molecule has 1 fully saturated rings. The molecule has 0 spiro atoms. The summed E-state index contributed by atoms with van der Waals surface area (Å²) in [6.07, 6.45) is 1.55. The van der Waals surface area contributed by atoms with E-state index in [1.807, 2.05) is 23.0 Å². The Morgan fingerprint density at radius 1 is 1.17 bits per heavy atom. The highest BCUT2D eigenvalue weighted by Crippen LogP contribution is 2.36. The molecule has 0 radical (unpaired) electrons. The van der Waals surface area contributed by atoms with Gasteiger partial charge in [0.15, 0.2) is 0 Å². The number of nitrogens with one attached hydrogen (secondary N) is 3.